The lowest BCUT2D eigenvalue weighted by molar-refractivity contribution is 0.434. The van der Waals surface area contributed by atoms with E-state index in [4.69, 9.17) is 9.47 Å². The summed E-state index contributed by atoms with van der Waals surface area (Å²) in [5, 5.41) is 0. The highest BCUT2D eigenvalue weighted by atomic mass is 16.5. The van der Waals surface area contributed by atoms with E-state index in [1.807, 2.05) is 0 Å². The highest BCUT2D eigenvalue weighted by Gasteiger charge is 2.53. The van der Waals surface area contributed by atoms with Gasteiger partial charge in [-0.25, -0.2) is 0 Å². The van der Waals surface area contributed by atoms with E-state index >= 15 is 0 Å². The monoisotopic (exact) mass is 1020 g/mol. The van der Waals surface area contributed by atoms with E-state index < -0.39 is 10.8 Å². The molecule has 3 heteroatoms. The molecule has 0 saturated heterocycles. The van der Waals surface area contributed by atoms with Gasteiger partial charge >= 0.3 is 0 Å². The minimum absolute atomic E-state index is 0.0951. The molecule has 0 fully saturated rings. The number of para-hydroxylation sites is 4. The van der Waals surface area contributed by atoms with E-state index in [0.717, 1.165) is 84.6 Å². The summed E-state index contributed by atoms with van der Waals surface area (Å²) in [7, 11) is 0. The standard InChI is InChI=1S/C76H61NO2/c1-73(2,3)55-41-44-59-60-45-42-56(74(4,5)6)48-65(60)76(64(59)47-55)62-31-18-21-36-70(62)79-72-63(76)32-22-34-68(72)77(67-33-19-16-29-58(67)52-39-37-51(38-40-52)50-23-10-7-11-24-50)57-43-46-71-66(49-57)75(53-25-12-8-13-26-53,54-27-14-9-15-28-54)61-30-17-20-35-69(61)78-71/h7-49H,1-6H3. The van der Waals surface area contributed by atoms with Crippen LogP contribution in [0.3, 0.4) is 0 Å². The molecule has 382 valence electrons. The van der Waals surface area contributed by atoms with E-state index in [9.17, 15) is 0 Å². The molecule has 14 rings (SSSR count). The highest BCUT2D eigenvalue weighted by Crippen LogP contribution is 2.65. The normalized spacial score (nSPS) is 14.1. The maximum Gasteiger partial charge on any atom is 0.156 e. The van der Waals surface area contributed by atoms with Crippen molar-refractivity contribution in [2.24, 2.45) is 0 Å². The van der Waals surface area contributed by atoms with Crippen LogP contribution in [0.2, 0.25) is 0 Å². The van der Waals surface area contributed by atoms with Crippen LogP contribution < -0.4 is 14.4 Å². The van der Waals surface area contributed by atoms with Crippen LogP contribution in [0.1, 0.15) is 97.2 Å². The fraction of sp³-hybridized carbons (Fsp3) is 0.132. The Morgan fingerprint density at radius 2 is 0.772 bits per heavy atom. The van der Waals surface area contributed by atoms with Crippen molar-refractivity contribution < 1.29 is 9.47 Å². The fourth-order valence-electron chi connectivity index (χ4n) is 13.2. The van der Waals surface area contributed by atoms with E-state index in [2.05, 4.69) is 307 Å². The number of ether oxygens (including phenoxy) is 2. The van der Waals surface area contributed by atoms with Gasteiger partial charge in [-0.2, -0.15) is 0 Å². The minimum Gasteiger partial charge on any atom is -0.457 e. The molecule has 0 saturated carbocycles. The molecule has 2 heterocycles. The topological polar surface area (TPSA) is 21.7 Å². The Balaban J connectivity index is 1.08. The first-order valence-electron chi connectivity index (χ1n) is 27.7. The van der Waals surface area contributed by atoms with Crippen molar-refractivity contribution in [1.82, 2.24) is 0 Å². The molecule has 11 aromatic rings. The number of benzene rings is 11. The minimum atomic E-state index is -0.746. The average molecular weight is 1020 g/mol. The molecule has 1 spiro atoms. The Morgan fingerprint density at radius 3 is 1.38 bits per heavy atom. The molecule has 2 aliphatic heterocycles. The lowest BCUT2D eigenvalue weighted by Crippen LogP contribution is -2.34. The molecule has 0 aromatic heterocycles. The third-order valence-corrected chi connectivity index (χ3v) is 17.0. The van der Waals surface area contributed by atoms with Crippen LogP contribution in [-0.4, -0.2) is 0 Å². The second kappa shape index (κ2) is 18.2. The summed E-state index contributed by atoms with van der Waals surface area (Å²) in [6, 6.07) is 95.8. The van der Waals surface area contributed by atoms with Crippen LogP contribution in [0, 0.1) is 0 Å². The van der Waals surface area contributed by atoms with Gasteiger partial charge in [0, 0.05) is 33.5 Å². The summed E-state index contributed by atoms with van der Waals surface area (Å²) in [6.45, 7) is 13.9. The molecule has 0 N–H and O–H groups in total. The third kappa shape index (κ3) is 7.47. The summed E-state index contributed by atoms with van der Waals surface area (Å²) in [4.78, 5) is 2.45. The van der Waals surface area contributed by atoms with Crippen LogP contribution in [0.25, 0.3) is 33.4 Å². The van der Waals surface area contributed by atoms with Crippen LogP contribution >= 0.6 is 0 Å². The van der Waals surface area contributed by atoms with Crippen molar-refractivity contribution in [3.8, 4) is 56.4 Å². The van der Waals surface area contributed by atoms with Crippen molar-refractivity contribution in [2.75, 3.05) is 4.90 Å². The summed E-state index contributed by atoms with van der Waals surface area (Å²) in [5.74, 6) is 3.30. The second-order valence-corrected chi connectivity index (χ2v) is 23.6. The zero-order valence-corrected chi connectivity index (χ0v) is 45.6. The van der Waals surface area contributed by atoms with Crippen molar-refractivity contribution in [2.45, 2.75) is 63.2 Å². The van der Waals surface area contributed by atoms with Crippen molar-refractivity contribution >= 4 is 17.1 Å². The molecule has 11 aromatic carbocycles. The zero-order valence-electron chi connectivity index (χ0n) is 45.6. The predicted molar refractivity (Wildman–Crippen MR) is 325 cm³/mol. The Kier molecular flexibility index (Phi) is 11.1. The van der Waals surface area contributed by atoms with Gasteiger partial charge in [0.2, 0.25) is 0 Å². The molecule has 0 unspecified atom stereocenters. The number of anilines is 3. The highest BCUT2D eigenvalue weighted by molar-refractivity contribution is 5.95. The Hall–Kier alpha value is -9.18. The number of fused-ring (bicyclic) bond motifs is 11. The molecule has 3 nitrogen and oxygen atoms in total. The van der Waals surface area contributed by atoms with Gasteiger partial charge in [0.1, 0.15) is 17.2 Å². The summed E-state index contributed by atoms with van der Waals surface area (Å²) in [6.07, 6.45) is 0. The molecule has 0 atom stereocenters. The van der Waals surface area contributed by atoms with Gasteiger partial charge in [-0.05, 0) is 114 Å². The van der Waals surface area contributed by atoms with Gasteiger partial charge in [0.05, 0.1) is 22.2 Å². The van der Waals surface area contributed by atoms with Crippen molar-refractivity contribution in [3.05, 3.63) is 316 Å². The SMILES string of the molecule is CC(C)(C)c1ccc2c(c1)C1(c3ccccc3Oc3c(N(c4ccc5c(c4)C(c4ccccc4)(c4ccccc4)c4ccccc4O5)c4ccccc4-c4ccc(-c5ccccc5)cc4)cccc31)c1cc(C(C)(C)C)ccc1-2. The van der Waals surface area contributed by atoms with E-state index in [0.29, 0.717) is 0 Å². The Labute approximate surface area is 465 Å². The summed E-state index contributed by atoms with van der Waals surface area (Å²) < 4.78 is 14.7. The first kappa shape index (κ1) is 48.2. The van der Waals surface area contributed by atoms with Gasteiger partial charge in [0.15, 0.2) is 5.75 Å². The second-order valence-electron chi connectivity index (χ2n) is 23.6. The van der Waals surface area contributed by atoms with Crippen molar-refractivity contribution in [1.29, 1.82) is 0 Å². The van der Waals surface area contributed by atoms with Gasteiger partial charge in [0.25, 0.3) is 0 Å². The van der Waals surface area contributed by atoms with E-state index in [1.54, 1.807) is 0 Å². The maximum atomic E-state index is 7.63. The molecule has 0 radical (unpaired) electrons. The van der Waals surface area contributed by atoms with Crippen LogP contribution in [0.5, 0.6) is 23.0 Å². The molecule has 3 aliphatic rings. The Bertz CT molecular complexity index is 4040. The molecule has 79 heavy (non-hydrogen) atoms. The molecule has 0 amide bonds. The predicted octanol–water partition coefficient (Wildman–Crippen LogP) is 20.0. The third-order valence-electron chi connectivity index (χ3n) is 17.0. The Morgan fingerprint density at radius 1 is 0.304 bits per heavy atom. The van der Waals surface area contributed by atoms with Gasteiger partial charge in [-0.3, -0.25) is 0 Å². The molecular formula is C76H61NO2. The number of hydrogen-bond donors (Lipinski definition) is 0. The summed E-state index contributed by atoms with van der Waals surface area (Å²) in [5.41, 5.74) is 20.1. The smallest absolute Gasteiger partial charge is 0.156 e. The fourth-order valence-corrected chi connectivity index (χ4v) is 13.2. The van der Waals surface area contributed by atoms with E-state index in [-0.39, 0.29) is 10.8 Å². The quantitative estimate of drug-likeness (QED) is 0.159. The van der Waals surface area contributed by atoms with Gasteiger partial charge in [-0.1, -0.05) is 260 Å². The number of hydrogen-bond acceptors (Lipinski definition) is 3. The largest absolute Gasteiger partial charge is 0.457 e. The lowest BCUT2D eigenvalue weighted by Gasteiger charge is -2.43. The number of rotatable bonds is 7. The first-order chi connectivity index (χ1) is 38.4. The summed E-state index contributed by atoms with van der Waals surface area (Å²) >= 11 is 0. The van der Waals surface area contributed by atoms with Crippen molar-refractivity contribution in [3.63, 3.8) is 0 Å². The van der Waals surface area contributed by atoms with Crippen LogP contribution in [-0.2, 0) is 21.7 Å². The number of nitrogens with zero attached hydrogens (tertiary/aromatic N) is 1. The average Bonchev–Trinajstić information content (AvgIpc) is 2.30. The zero-order chi connectivity index (χ0) is 53.7. The van der Waals surface area contributed by atoms with Gasteiger partial charge in [-0.15, -0.1) is 0 Å². The molecular weight excluding hydrogens is 959 g/mol. The van der Waals surface area contributed by atoms with Gasteiger partial charge < -0.3 is 14.4 Å². The van der Waals surface area contributed by atoms with E-state index in [1.165, 1.54) is 44.5 Å². The first-order valence-corrected chi connectivity index (χ1v) is 27.7. The lowest BCUT2D eigenvalue weighted by atomic mass is 9.63. The molecule has 1 aliphatic carbocycles. The van der Waals surface area contributed by atoms with Crippen LogP contribution in [0.4, 0.5) is 17.1 Å². The maximum absolute atomic E-state index is 7.63. The molecule has 0 bridgehead atoms. The van der Waals surface area contributed by atoms with Crippen LogP contribution in [0.15, 0.2) is 261 Å².